The summed E-state index contributed by atoms with van der Waals surface area (Å²) in [6.07, 6.45) is -3.79. The molecule has 32 heavy (non-hydrogen) atoms. The number of piperidine rings is 1. The van der Waals surface area contributed by atoms with Gasteiger partial charge in [0.2, 0.25) is 5.95 Å². The number of halogens is 5. The molecule has 0 bridgehead atoms. The van der Waals surface area contributed by atoms with Gasteiger partial charge in [-0.15, -0.1) is 0 Å². The quantitative estimate of drug-likeness (QED) is 0.439. The fourth-order valence-corrected chi connectivity index (χ4v) is 3.64. The Kier molecular flexibility index (Phi) is 7.05. The van der Waals surface area contributed by atoms with Gasteiger partial charge in [0.15, 0.2) is 5.15 Å². The number of alkyl halides is 4. The molecule has 5 N–H and O–H groups in total. The lowest BCUT2D eigenvalue weighted by molar-refractivity contribution is -0.139. The average molecular weight is 481 g/mol. The zero-order valence-electron chi connectivity index (χ0n) is 16.8. The standard InChI is InChI=1S/C17H21ClF4N8O2/c1-24-14-8(17(20,21)22)4-25-16(28-14)27-11-5-26-30(13(11)18)12-2-3-29(6-9(12)19)7-10(23)15(31)32/h4-5,9-10,12H,2-3,6-7,23H2,1H3,(H,31,32)(H2,24,25,27,28)/t9-,10-,12-/m0/s1. The molecule has 3 rings (SSSR count). The Morgan fingerprint density at radius 2 is 2.16 bits per heavy atom. The number of anilines is 3. The molecule has 0 amide bonds. The number of hydrogen-bond donors (Lipinski definition) is 4. The van der Waals surface area contributed by atoms with E-state index < -0.39 is 41.8 Å². The summed E-state index contributed by atoms with van der Waals surface area (Å²) in [5.41, 5.74) is 4.67. The maximum absolute atomic E-state index is 14.8. The van der Waals surface area contributed by atoms with Gasteiger partial charge in [-0.2, -0.15) is 23.3 Å². The summed E-state index contributed by atoms with van der Waals surface area (Å²) in [5, 5.41) is 18.1. The average Bonchev–Trinajstić information content (AvgIpc) is 3.07. The molecular formula is C17H21ClF4N8O2. The predicted molar refractivity (Wildman–Crippen MR) is 108 cm³/mol. The number of nitrogens with two attached hydrogens (primary N) is 1. The number of aliphatic carboxylic acids is 1. The number of carboxylic acid groups (broad SMARTS) is 1. The number of aromatic nitrogens is 4. The summed E-state index contributed by atoms with van der Waals surface area (Å²) < 4.78 is 55.0. The molecule has 10 nitrogen and oxygen atoms in total. The Morgan fingerprint density at radius 1 is 1.44 bits per heavy atom. The molecule has 1 fully saturated rings. The molecular weight excluding hydrogens is 460 g/mol. The van der Waals surface area contributed by atoms with Crippen molar-refractivity contribution in [3.05, 3.63) is 23.1 Å². The zero-order valence-corrected chi connectivity index (χ0v) is 17.5. The smallest absolute Gasteiger partial charge is 0.421 e. The lowest BCUT2D eigenvalue weighted by atomic mass is 10.0. The lowest BCUT2D eigenvalue weighted by Gasteiger charge is -2.35. The van der Waals surface area contributed by atoms with Gasteiger partial charge in [0.1, 0.15) is 23.6 Å². The highest BCUT2D eigenvalue weighted by atomic mass is 35.5. The summed E-state index contributed by atoms with van der Waals surface area (Å²) in [7, 11) is 1.30. The van der Waals surface area contributed by atoms with Crippen LogP contribution in [0.4, 0.5) is 35.0 Å². The Morgan fingerprint density at radius 3 is 2.75 bits per heavy atom. The third-order valence-corrected chi connectivity index (χ3v) is 5.37. The Bertz CT molecular complexity index is 973. The largest absolute Gasteiger partial charge is 0.480 e. The van der Waals surface area contributed by atoms with Crippen molar-refractivity contribution in [3.8, 4) is 0 Å². The molecule has 0 aromatic carbocycles. The van der Waals surface area contributed by atoms with E-state index in [-0.39, 0.29) is 29.9 Å². The minimum atomic E-state index is -4.63. The van der Waals surface area contributed by atoms with E-state index in [1.165, 1.54) is 17.9 Å². The maximum atomic E-state index is 14.8. The van der Waals surface area contributed by atoms with Crippen molar-refractivity contribution in [2.45, 2.75) is 30.9 Å². The van der Waals surface area contributed by atoms with Crippen LogP contribution in [-0.4, -0.2) is 74.6 Å². The van der Waals surface area contributed by atoms with Gasteiger partial charge in [0.25, 0.3) is 0 Å². The van der Waals surface area contributed by atoms with E-state index in [0.717, 1.165) is 0 Å². The predicted octanol–water partition coefficient (Wildman–Crippen LogP) is 2.13. The number of nitrogens with one attached hydrogen (secondary N) is 2. The third kappa shape index (κ3) is 5.19. The summed E-state index contributed by atoms with van der Waals surface area (Å²) in [6, 6.07) is -1.83. The van der Waals surface area contributed by atoms with Gasteiger partial charge in [0.05, 0.1) is 17.9 Å². The van der Waals surface area contributed by atoms with Crippen molar-refractivity contribution in [3.63, 3.8) is 0 Å². The fourth-order valence-electron chi connectivity index (χ4n) is 3.38. The van der Waals surface area contributed by atoms with Crippen LogP contribution in [-0.2, 0) is 11.0 Å². The monoisotopic (exact) mass is 480 g/mol. The molecule has 0 aliphatic carbocycles. The SMILES string of the molecule is CNc1nc(Nc2cnn([C@H]3CCN(C[C@H](N)C(=O)O)C[C@@H]3F)c2Cl)ncc1C(F)(F)F. The van der Waals surface area contributed by atoms with Gasteiger partial charge in [0, 0.05) is 32.9 Å². The van der Waals surface area contributed by atoms with Crippen LogP contribution >= 0.6 is 11.6 Å². The van der Waals surface area contributed by atoms with Crippen LogP contribution in [0.5, 0.6) is 0 Å². The van der Waals surface area contributed by atoms with Gasteiger partial charge in [-0.25, -0.2) is 14.1 Å². The first-order valence-electron chi connectivity index (χ1n) is 9.48. The Balaban J connectivity index is 1.72. The van der Waals surface area contributed by atoms with E-state index in [1.807, 2.05) is 0 Å². The number of hydrogen-bond acceptors (Lipinski definition) is 8. The van der Waals surface area contributed by atoms with Crippen molar-refractivity contribution in [1.82, 2.24) is 24.6 Å². The second-order valence-corrected chi connectivity index (χ2v) is 7.56. The molecule has 0 unspecified atom stereocenters. The first-order chi connectivity index (χ1) is 15.0. The molecule has 1 aliphatic heterocycles. The van der Waals surface area contributed by atoms with Gasteiger partial charge >= 0.3 is 12.1 Å². The molecule has 3 atom stereocenters. The second-order valence-electron chi connectivity index (χ2n) is 7.20. The van der Waals surface area contributed by atoms with E-state index >= 15 is 0 Å². The van der Waals surface area contributed by atoms with Crippen LogP contribution in [0, 0.1) is 0 Å². The van der Waals surface area contributed by atoms with Crippen molar-refractivity contribution in [2.24, 2.45) is 5.73 Å². The normalized spacial score (nSPS) is 20.7. The van der Waals surface area contributed by atoms with Crippen molar-refractivity contribution < 1.29 is 27.5 Å². The van der Waals surface area contributed by atoms with Crippen LogP contribution in [0.1, 0.15) is 18.0 Å². The van der Waals surface area contributed by atoms with E-state index in [9.17, 15) is 22.4 Å². The number of nitrogens with zero attached hydrogens (tertiary/aromatic N) is 5. The fraction of sp³-hybridized carbons (Fsp3) is 0.529. The first-order valence-corrected chi connectivity index (χ1v) is 9.85. The highest BCUT2D eigenvalue weighted by molar-refractivity contribution is 6.32. The minimum Gasteiger partial charge on any atom is -0.480 e. The summed E-state index contributed by atoms with van der Waals surface area (Å²) >= 11 is 6.32. The number of rotatable bonds is 7. The van der Waals surface area contributed by atoms with E-state index in [0.29, 0.717) is 19.2 Å². The minimum absolute atomic E-state index is 0.0151. The van der Waals surface area contributed by atoms with Gasteiger partial charge in [-0.1, -0.05) is 11.6 Å². The van der Waals surface area contributed by atoms with Gasteiger partial charge in [-0.05, 0) is 6.42 Å². The van der Waals surface area contributed by atoms with Crippen LogP contribution < -0.4 is 16.4 Å². The topological polar surface area (TPSA) is 134 Å². The van der Waals surface area contributed by atoms with Crippen LogP contribution in [0.15, 0.2) is 12.4 Å². The van der Waals surface area contributed by atoms with E-state index in [1.54, 1.807) is 4.90 Å². The van der Waals surface area contributed by atoms with Crippen LogP contribution in [0.2, 0.25) is 5.15 Å². The van der Waals surface area contributed by atoms with Gasteiger partial charge in [-0.3, -0.25) is 9.69 Å². The molecule has 2 aromatic heterocycles. The van der Waals surface area contributed by atoms with E-state index in [2.05, 4.69) is 25.7 Å². The summed E-state index contributed by atoms with van der Waals surface area (Å²) in [4.78, 5) is 20.0. The highest BCUT2D eigenvalue weighted by Crippen LogP contribution is 2.35. The molecule has 1 aliphatic rings. The van der Waals surface area contributed by atoms with Crippen LogP contribution in [0.3, 0.4) is 0 Å². The van der Waals surface area contributed by atoms with Crippen LogP contribution in [0.25, 0.3) is 0 Å². The molecule has 0 spiro atoms. The number of carboxylic acids is 1. The zero-order chi connectivity index (χ0) is 23.6. The van der Waals surface area contributed by atoms with Crippen molar-refractivity contribution in [1.29, 1.82) is 0 Å². The van der Waals surface area contributed by atoms with Gasteiger partial charge < -0.3 is 21.5 Å². The third-order valence-electron chi connectivity index (χ3n) is 4.99. The number of likely N-dealkylation sites (tertiary alicyclic amines) is 1. The Hall–Kier alpha value is -2.71. The summed E-state index contributed by atoms with van der Waals surface area (Å²) in [5.74, 6) is -1.74. The maximum Gasteiger partial charge on any atom is 0.421 e. The lowest BCUT2D eigenvalue weighted by Crippen LogP contribution is -2.49. The van der Waals surface area contributed by atoms with Crippen molar-refractivity contribution >= 4 is 35.0 Å². The first kappa shape index (κ1) is 23.9. The highest BCUT2D eigenvalue weighted by Gasteiger charge is 2.36. The molecule has 15 heteroatoms. The van der Waals surface area contributed by atoms with E-state index in [4.69, 9.17) is 22.4 Å². The number of carbonyl (C=O) groups is 1. The van der Waals surface area contributed by atoms with Crippen molar-refractivity contribution in [2.75, 3.05) is 37.3 Å². The second kappa shape index (κ2) is 9.42. The Labute approximate surface area is 184 Å². The molecule has 2 aromatic rings. The molecule has 0 radical (unpaired) electrons. The molecule has 0 saturated carbocycles. The summed E-state index contributed by atoms with van der Waals surface area (Å²) in [6.45, 7) is 0.359. The molecule has 176 valence electrons. The molecule has 3 heterocycles. The molecule has 1 saturated heterocycles.